The highest BCUT2D eigenvalue weighted by molar-refractivity contribution is 5.58. The average molecular weight is 243 g/mol. The van der Waals surface area contributed by atoms with Gasteiger partial charge in [-0.2, -0.15) is 0 Å². The van der Waals surface area contributed by atoms with E-state index in [2.05, 4.69) is 21.4 Å². The maximum atomic E-state index is 5.13. The Morgan fingerprint density at radius 2 is 2.06 bits per heavy atom. The maximum absolute atomic E-state index is 5.13. The minimum atomic E-state index is 0.596. The van der Waals surface area contributed by atoms with Crippen LogP contribution in [-0.4, -0.2) is 24.1 Å². The zero-order chi connectivity index (χ0) is 13.0. The minimum absolute atomic E-state index is 0.596. The van der Waals surface area contributed by atoms with Crippen molar-refractivity contribution in [1.29, 1.82) is 0 Å². The fraction of sp³-hybridized carbons (Fsp3) is 0.286. The fourth-order valence-corrected chi connectivity index (χ4v) is 1.79. The van der Waals surface area contributed by atoms with Gasteiger partial charge in [0.1, 0.15) is 5.82 Å². The molecule has 1 heterocycles. The van der Waals surface area contributed by atoms with E-state index >= 15 is 0 Å². The molecule has 1 aromatic carbocycles. The molecule has 0 fully saturated rings. The van der Waals surface area contributed by atoms with Crippen molar-refractivity contribution in [2.45, 2.75) is 13.5 Å². The van der Waals surface area contributed by atoms with Crippen molar-refractivity contribution < 1.29 is 4.74 Å². The van der Waals surface area contributed by atoms with Crippen LogP contribution in [0, 0.1) is 6.92 Å². The Morgan fingerprint density at radius 1 is 1.22 bits per heavy atom. The normalized spacial score (nSPS) is 10.4. The number of anilines is 1. The largest absolute Gasteiger partial charge is 0.380 e. The molecular weight excluding hydrogens is 226 g/mol. The molecule has 0 spiro atoms. The second kappa shape index (κ2) is 5.60. The van der Waals surface area contributed by atoms with Gasteiger partial charge in [-0.25, -0.2) is 9.97 Å². The van der Waals surface area contributed by atoms with Crippen LogP contribution in [0.15, 0.2) is 30.3 Å². The van der Waals surface area contributed by atoms with Crippen LogP contribution in [0.3, 0.4) is 0 Å². The first-order valence-electron chi connectivity index (χ1n) is 5.84. The number of hydrogen-bond acceptors (Lipinski definition) is 4. The van der Waals surface area contributed by atoms with Crippen LogP contribution in [0.2, 0.25) is 0 Å². The van der Waals surface area contributed by atoms with E-state index in [0.29, 0.717) is 6.61 Å². The Morgan fingerprint density at radius 3 is 2.78 bits per heavy atom. The molecule has 4 nitrogen and oxygen atoms in total. The molecule has 0 atom stereocenters. The lowest BCUT2D eigenvalue weighted by atomic mass is 10.1. The molecule has 0 unspecified atom stereocenters. The Labute approximate surface area is 107 Å². The van der Waals surface area contributed by atoms with E-state index in [9.17, 15) is 0 Å². The van der Waals surface area contributed by atoms with Gasteiger partial charge in [0.15, 0.2) is 5.82 Å². The van der Waals surface area contributed by atoms with Crippen molar-refractivity contribution in [1.82, 2.24) is 9.97 Å². The number of benzene rings is 1. The molecule has 1 aromatic heterocycles. The van der Waals surface area contributed by atoms with E-state index in [1.165, 1.54) is 0 Å². The Balaban J connectivity index is 2.41. The highest BCUT2D eigenvalue weighted by Gasteiger charge is 2.05. The number of nitrogens with zero attached hydrogens (tertiary/aromatic N) is 2. The average Bonchev–Trinajstić information content (AvgIpc) is 2.39. The van der Waals surface area contributed by atoms with Crippen LogP contribution in [-0.2, 0) is 11.3 Å². The Hall–Kier alpha value is -1.94. The number of nitrogens with one attached hydrogen (secondary N) is 1. The van der Waals surface area contributed by atoms with E-state index in [0.717, 1.165) is 28.5 Å². The minimum Gasteiger partial charge on any atom is -0.380 e. The second-order valence-electron chi connectivity index (χ2n) is 4.10. The summed E-state index contributed by atoms with van der Waals surface area (Å²) < 4.78 is 5.13. The summed E-state index contributed by atoms with van der Waals surface area (Å²) in [6.45, 7) is 2.56. The summed E-state index contributed by atoms with van der Waals surface area (Å²) in [5, 5.41) is 3.04. The molecule has 0 amide bonds. The summed E-state index contributed by atoms with van der Waals surface area (Å²) >= 11 is 0. The molecule has 0 saturated carbocycles. The molecule has 1 N–H and O–H groups in total. The summed E-state index contributed by atoms with van der Waals surface area (Å²) in [5.74, 6) is 1.56. The van der Waals surface area contributed by atoms with Gasteiger partial charge in [0.25, 0.3) is 0 Å². The van der Waals surface area contributed by atoms with Crippen molar-refractivity contribution in [2.24, 2.45) is 0 Å². The van der Waals surface area contributed by atoms with Gasteiger partial charge in [-0.15, -0.1) is 0 Å². The molecule has 0 saturated heterocycles. The summed E-state index contributed by atoms with van der Waals surface area (Å²) in [6.07, 6.45) is 0. The predicted octanol–water partition coefficient (Wildman–Crippen LogP) is 2.64. The predicted molar refractivity (Wildman–Crippen MR) is 72.5 cm³/mol. The van der Waals surface area contributed by atoms with E-state index in [1.807, 2.05) is 38.2 Å². The van der Waals surface area contributed by atoms with Crippen LogP contribution in [0.4, 0.5) is 5.82 Å². The first-order valence-corrected chi connectivity index (χ1v) is 5.84. The smallest absolute Gasteiger partial charge is 0.161 e. The van der Waals surface area contributed by atoms with Crippen molar-refractivity contribution in [3.05, 3.63) is 41.6 Å². The lowest BCUT2D eigenvalue weighted by Crippen LogP contribution is -1.99. The van der Waals surface area contributed by atoms with Gasteiger partial charge in [-0.05, 0) is 18.6 Å². The molecule has 0 bridgehead atoms. The van der Waals surface area contributed by atoms with Gasteiger partial charge in [-0.1, -0.05) is 18.2 Å². The maximum Gasteiger partial charge on any atom is 0.161 e. The summed E-state index contributed by atoms with van der Waals surface area (Å²) in [4.78, 5) is 8.92. The molecule has 0 aliphatic heterocycles. The highest BCUT2D eigenvalue weighted by Crippen LogP contribution is 2.19. The highest BCUT2D eigenvalue weighted by atomic mass is 16.5. The van der Waals surface area contributed by atoms with Crippen molar-refractivity contribution in [2.75, 3.05) is 19.5 Å². The Kier molecular flexibility index (Phi) is 3.89. The lowest BCUT2D eigenvalue weighted by Gasteiger charge is -2.07. The number of hydrogen-bond donors (Lipinski definition) is 1. The monoisotopic (exact) mass is 243 g/mol. The van der Waals surface area contributed by atoms with Gasteiger partial charge in [0.05, 0.1) is 6.61 Å². The number of rotatable bonds is 4. The molecule has 2 aromatic rings. The van der Waals surface area contributed by atoms with E-state index < -0.39 is 0 Å². The molecule has 94 valence electrons. The molecule has 18 heavy (non-hydrogen) atoms. The third kappa shape index (κ3) is 2.84. The van der Waals surface area contributed by atoms with Crippen LogP contribution >= 0.6 is 0 Å². The molecule has 0 aliphatic rings. The fourth-order valence-electron chi connectivity index (χ4n) is 1.79. The van der Waals surface area contributed by atoms with E-state index in [1.54, 1.807) is 7.11 Å². The number of ether oxygens (including phenoxy) is 1. The van der Waals surface area contributed by atoms with Gasteiger partial charge >= 0.3 is 0 Å². The molecular formula is C14H17N3O. The third-order valence-electron chi connectivity index (χ3n) is 2.61. The number of aryl methyl sites for hydroxylation is 1. The SMILES string of the molecule is CNc1cc(C)nc(-c2cccc(COC)c2)n1. The summed E-state index contributed by atoms with van der Waals surface area (Å²) in [7, 11) is 3.54. The quantitative estimate of drug-likeness (QED) is 0.896. The van der Waals surface area contributed by atoms with Crippen molar-refractivity contribution >= 4 is 5.82 Å². The van der Waals surface area contributed by atoms with Crippen molar-refractivity contribution in [3.8, 4) is 11.4 Å². The molecule has 2 rings (SSSR count). The van der Waals surface area contributed by atoms with Gasteiger partial charge in [0.2, 0.25) is 0 Å². The van der Waals surface area contributed by atoms with Crippen LogP contribution in [0.25, 0.3) is 11.4 Å². The van der Waals surface area contributed by atoms with E-state index in [4.69, 9.17) is 4.74 Å². The molecule has 0 aliphatic carbocycles. The van der Waals surface area contributed by atoms with Gasteiger partial charge < -0.3 is 10.1 Å². The zero-order valence-electron chi connectivity index (χ0n) is 10.9. The standard InChI is InChI=1S/C14H17N3O/c1-10-7-13(15-2)17-14(16-10)12-6-4-5-11(8-12)9-18-3/h4-8H,9H2,1-3H3,(H,15,16,17). The van der Waals surface area contributed by atoms with Gasteiger partial charge in [-0.3, -0.25) is 0 Å². The van der Waals surface area contributed by atoms with Crippen molar-refractivity contribution in [3.63, 3.8) is 0 Å². The van der Waals surface area contributed by atoms with Crippen LogP contribution in [0.5, 0.6) is 0 Å². The first-order chi connectivity index (χ1) is 8.72. The molecule has 0 radical (unpaired) electrons. The van der Waals surface area contributed by atoms with Crippen LogP contribution < -0.4 is 5.32 Å². The molecule has 4 heteroatoms. The lowest BCUT2D eigenvalue weighted by molar-refractivity contribution is 0.185. The zero-order valence-corrected chi connectivity index (χ0v) is 10.9. The summed E-state index contributed by atoms with van der Waals surface area (Å²) in [5.41, 5.74) is 3.07. The van der Waals surface area contributed by atoms with E-state index in [-0.39, 0.29) is 0 Å². The third-order valence-corrected chi connectivity index (χ3v) is 2.61. The summed E-state index contributed by atoms with van der Waals surface area (Å²) in [6, 6.07) is 10.0. The Bertz CT molecular complexity index is 540. The topological polar surface area (TPSA) is 47.0 Å². The van der Waals surface area contributed by atoms with Gasteiger partial charge in [0, 0.05) is 31.5 Å². The van der Waals surface area contributed by atoms with Crippen LogP contribution in [0.1, 0.15) is 11.3 Å². The number of methoxy groups -OCH3 is 1. The second-order valence-corrected chi connectivity index (χ2v) is 4.10. The number of aromatic nitrogens is 2. The first kappa shape index (κ1) is 12.5.